The first-order chi connectivity index (χ1) is 3.69. The maximum absolute atomic E-state index is 10.1. The average Bonchev–Trinajstić information content (AvgIpc) is 2.47. The molecule has 0 saturated heterocycles. The first-order valence-corrected chi connectivity index (χ1v) is 3.22. The van der Waals surface area contributed by atoms with Gasteiger partial charge < -0.3 is 4.79 Å². The molecule has 1 saturated carbocycles. The molecule has 0 amide bonds. The topological polar surface area (TPSA) is 17.1 Å². The van der Waals surface area contributed by atoms with E-state index in [0.29, 0.717) is 0 Å². The van der Waals surface area contributed by atoms with Crippen LogP contribution in [-0.2, 0) is 4.79 Å². The van der Waals surface area contributed by atoms with Crippen LogP contribution in [-0.4, -0.2) is 11.7 Å². The number of rotatable bonds is 2. The van der Waals surface area contributed by atoms with Crippen molar-refractivity contribution in [3.63, 3.8) is 0 Å². The molecule has 0 aromatic carbocycles. The zero-order chi connectivity index (χ0) is 6.20. The maximum atomic E-state index is 10.1. The lowest BCUT2D eigenvalue weighted by atomic mass is 10.1. The molecule has 0 unspecified atom stereocenters. The number of hydrogen-bond donors (Lipinski definition) is 0. The zero-order valence-corrected chi connectivity index (χ0v) is 5.61. The van der Waals surface area contributed by atoms with Gasteiger partial charge in [0.1, 0.15) is 6.29 Å². The summed E-state index contributed by atoms with van der Waals surface area (Å²) in [4.78, 5) is 10.1. The molecule has 0 spiro atoms. The lowest BCUT2D eigenvalue weighted by molar-refractivity contribution is -0.108. The highest BCUT2D eigenvalue weighted by atomic mass is 35.5. The van der Waals surface area contributed by atoms with E-state index in [4.69, 9.17) is 11.6 Å². The second kappa shape index (κ2) is 1.73. The third kappa shape index (κ3) is 0.873. The highest BCUT2D eigenvalue weighted by Crippen LogP contribution is 2.49. The molecule has 2 heteroatoms. The quantitative estimate of drug-likeness (QED) is 0.412. The number of hydrogen-bond acceptors (Lipinski definition) is 1. The van der Waals surface area contributed by atoms with Crippen LogP contribution in [0.1, 0.15) is 19.8 Å². The van der Waals surface area contributed by atoms with Crippen molar-refractivity contribution in [1.29, 1.82) is 0 Å². The number of alkyl halides is 1. The van der Waals surface area contributed by atoms with E-state index in [9.17, 15) is 4.79 Å². The summed E-state index contributed by atoms with van der Waals surface area (Å²) in [6.07, 6.45) is 3.05. The second-order valence-electron chi connectivity index (χ2n) is 2.69. The molecule has 0 bridgehead atoms. The summed E-state index contributed by atoms with van der Waals surface area (Å²) >= 11 is 5.64. The predicted octanol–water partition coefficient (Wildman–Crippen LogP) is 1.59. The average molecular weight is 133 g/mol. The standard InChI is InChI=1S/C6H9ClO/c1-6(2-3-6)5(7)4-8/h4-5H,2-3H2,1H3/t5-/m1/s1. The molecule has 8 heavy (non-hydrogen) atoms. The van der Waals surface area contributed by atoms with Gasteiger partial charge in [-0.3, -0.25) is 0 Å². The minimum Gasteiger partial charge on any atom is -0.302 e. The highest BCUT2D eigenvalue weighted by Gasteiger charge is 2.43. The first-order valence-electron chi connectivity index (χ1n) is 2.78. The van der Waals surface area contributed by atoms with Gasteiger partial charge in [-0.2, -0.15) is 0 Å². The summed E-state index contributed by atoms with van der Waals surface area (Å²) in [5, 5.41) is -0.248. The molecule has 0 heterocycles. The van der Waals surface area contributed by atoms with Crippen LogP contribution < -0.4 is 0 Å². The van der Waals surface area contributed by atoms with Crippen molar-refractivity contribution in [2.75, 3.05) is 0 Å². The van der Waals surface area contributed by atoms with Crippen LogP contribution in [0.5, 0.6) is 0 Å². The molecule has 0 radical (unpaired) electrons. The van der Waals surface area contributed by atoms with Gasteiger partial charge in [-0.05, 0) is 18.3 Å². The number of carbonyl (C=O) groups excluding carboxylic acids is 1. The van der Waals surface area contributed by atoms with Gasteiger partial charge in [0.25, 0.3) is 0 Å². The molecule has 0 aromatic rings. The largest absolute Gasteiger partial charge is 0.302 e. The van der Waals surface area contributed by atoms with Gasteiger partial charge in [-0.15, -0.1) is 11.6 Å². The second-order valence-corrected chi connectivity index (χ2v) is 3.16. The Hall–Kier alpha value is -0.0400. The molecule has 0 aliphatic heterocycles. The number of carbonyl (C=O) groups is 1. The van der Waals surface area contributed by atoms with E-state index in [-0.39, 0.29) is 10.8 Å². The summed E-state index contributed by atoms with van der Waals surface area (Å²) in [7, 11) is 0. The van der Waals surface area contributed by atoms with Crippen LogP contribution in [0.3, 0.4) is 0 Å². The minimum absolute atomic E-state index is 0.156. The SMILES string of the molecule is CC1([C@H](Cl)C=O)CC1. The summed E-state index contributed by atoms with van der Waals surface area (Å²) in [5.74, 6) is 0. The maximum Gasteiger partial charge on any atom is 0.138 e. The van der Waals surface area contributed by atoms with Gasteiger partial charge in [0.05, 0.1) is 5.38 Å². The van der Waals surface area contributed by atoms with Crippen molar-refractivity contribution in [1.82, 2.24) is 0 Å². The monoisotopic (exact) mass is 132 g/mol. The number of aldehydes is 1. The molecule has 0 aromatic heterocycles. The van der Waals surface area contributed by atoms with Crippen LogP contribution in [0.15, 0.2) is 0 Å². The smallest absolute Gasteiger partial charge is 0.138 e. The van der Waals surface area contributed by atoms with Crippen molar-refractivity contribution >= 4 is 17.9 Å². The van der Waals surface area contributed by atoms with Gasteiger partial charge in [-0.1, -0.05) is 6.92 Å². The van der Waals surface area contributed by atoms with E-state index in [1.54, 1.807) is 0 Å². The van der Waals surface area contributed by atoms with E-state index in [2.05, 4.69) is 0 Å². The van der Waals surface area contributed by atoms with Crippen LogP contribution in [0.2, 0.25) is 0 Å². The molecule has 1 aliphatic carbocycles. The Bertz CT molecular complexity index is 107. The molecule has 46 valence electrons. The van der Waals surface area contributed by atoms with Gasteiger partial charge in [0, 0.05) is 0 Å². The van der Waals surface area contributed by atoms with E-state index in [1.807, 2.05) is 6.92 Å². The normalized spacial score (nSPS) is 26.8. The molecule has 1 fully saturated rings. The van der Waals surface area contributed by atoms with E-state index in [0.717, 1.165) is 19.1 Å². The van der Waals surface area contributed by atoms with E-state index < -0.39 is 0 Å². The Labute approximate surface area is 54.0 Å². The Kier molecular flexibility index (Phi) is 1.31. The van der Waals surface area contributed by atoms with Gasteiger partial charge >= 0.3 is 0 Å². The molecule has 0 N–H and O–H groups in total. The van der Waals surface area contributed by atoms with Crippen molar-refractivity contribution in [2.24, 2.45) is 5.41 Å². The van der Waals surface area contributed by atoms with E-state index >= 15 is 0 Å². The summed E-state index contributed by atoms with van der Waals surface area (Å²) in [5.41, 5.74) is 0.156. The Morgan fingerprint density at radius 3 is 2.38 bits per heavy atom. The van der Waals surface area contributed by atoms with Crippen molar-refractivity contribution in [3.8, 4) is 0 Å². The molecule has 1 aliphatic rings. The lowest BCUT2D eigenvalue weighted by Gasteiger charge is -2.06. The fourth-order valence-electron chi connectivity index (χ4n) is 0.637. The Balaban J connectivity index is 2.45. The highest BCUT2D eigenvalue weighted by molar-refractivity contribution is 6.28. The van der Waals surface area contributed by atoms with Crippen molar-refractivity contribution in [3.05, 3.63) is 0 Å². The van der Waals surface area contributed by atoms with Crippen molar-refractivity contribution < 1.29 is 4.79 Å². The van der Waals surface area contributed by atoms with Crippen LogP contribution in [0, 0.1) is 5.41 Å². The lowest BCUT2D eigenvalue weighted by Crippen LogP contribution is -2.12. The first kappa shape index (κ1) is 6.09. The summed E-state index contributed by atoms with van der Waals surface area (Å²) in [6.45, 7) is 2.04. The molecule has 1 nitrogen and oxygen atoms in total. The predicted molar refractivity (Wildman–Crippen MR) is 33.0 cm³/mol. The van der Waals surface area contributed by atoms with E-state index in [1.165, 1.54) is 0 Å². The molecule has 1 atom stereocenters. The Morgan fingerprint density at radius 2 is 2.25 bits per heavy atom. The molecular formula is C6H9ClO. The van der Waals surface area contributed by atoms with Crippen molar-refractivity contribution in [2.45, 2.75) is 25.1 Å². The number of halogens is 1. The van der Waals surface area contributed by atoms with Crippen LogP contribution in [0.4, 0.5) is 0 Å². The minimum atomic E-state index is -0.248. The third-order valence-electron chi connectivity index (χ3n) is 1.82. The van der Waals surface area contributed by atoms with Gasteiger partial charge in [0.15, 0.2) is 0 Å². The Morgan fingerprint density at radius 1 is 1.75 bits per heavy atom. The fourth-order valence-corrected chi connectivity index (χ4v) is 0.855. The van der Waals surface area contributed by atoms with Crippen LogP contribution >= 0.6 is 11.6 Å². The van der Waals surface area contributed by atoms with Gasteiger partial charge in [0.2, 0.25) is 0 Å². The fraction of sp³-hybridized carbons (Fsp3) is 0.833. The van der Waals surface area contributed by atoms with Gasteiger partial charge in [-0.25, -0.2) is 0 Å². The molecular weight excluding hydrogens is 124 g/mol. The summed E-state index contributed by atoms with van der Waals surface area (Å²) in [6, 6.07) is 0. The zero-order valence-electron chi connectivity index (χ0n) is 4.86. The molecule has 1 rings (SSSR count). The summed E-state index contributed by atoms with van der Waals surface area (Å²) < 4.78 is 0. The van der Waals surface area contributed by atoms with Crippen LogP contribution in [0.25, 0.3) is 0 Å². The third-order valence-corrected chi connectivity index (χ3v) is 2.45.